The Bertz CT molecular complexity index is 525. The van der Waals surface area contributed by atoms with E-state index in [0.29, 0.717) is 11.8 Å². The van der Waals surface area contributed by atoms with Crippen LogP contribution in [0.4, 0.5) is 5.88 Å². The highest BCUT2D eigenvalue weighted by molar-refractivity contribution is 5.58. The van der Waals surface area contributed by atoms with Crippen LogP contribution in [0, 0.1) is 11.3 Å². The zero-order chi connectivity index (χ0) is 11.5. The smallest absolute Gasteiger partial charge is 0.234 e. The quantitative estimate of drug-likeness (QED) is 0.760. The summed E-state index contributed by atoms with van der Waals surface area (Å²) in [6.45, 7) is 0. The first-order chi connectivity index (χ1) is 7.72. The number of rotatable bonds is 2. The minimum Gasteiger partial charge on any atom is -0.419 e. The lowest BCUT2D eigenvalue weighted by molar-refractivity contribution is 0.571. The highest BCUT2D eigenvalue weighted by Gasteiger charge is 2.15. The normalized spacial score (nSPS) is 9.81. The minimum absolute atomic E-state index is 0.289. The SMILES string of the molecule is CN(C)c1oc(-c2ccncc2)nc1C#N. The second kappa shape index (κ2) is 4.03. The lowest BCUT2D eigenvalue weighted by atomic mass is 10.3. The van der Waals surface area contributed by atoms with Crippen LogP contribution in [0.2, 0.25) is 0 Å². The lowest BCUT2D eigenvalue weighted by Crippen LogP contribution is -2.08. The fraction of sp³-hybridized carbons (Fsp3) is 0.182. The van der Waals surface area contributed by atoms with E-state index in [-0.39, 0.29) is 5.69 Å². The molecule has 0 N–H and O–H groups in total. The molecule has 0 aromatic carbocycles. The standard InChI is InChI=1S/C11H10N4O/c1-15(2)11-9(7-12)14-10(16-11)8-3-5-13-6-4-8/h3-6H,1-2H3. The average Bonchev–Trinajstić information content (AvgIpc) is 2.74. The highest BCUT2D eigenvalue weighted by Crippen LogP contribution is 2.26. The molecule has 0 radical (unpaired) electrons. The first kappa shape index (κ1) is 10.2. The van der Waals surface area contributed by atoms with Crippen molar-refractivity contribution >= 4 is 5.88 Å². The van der Waals surface area contributed by atoms with E-state index in [4.69, 9.17) is 9.68 Å². The second-order valence-electron chi connectivity index (χ2n) is 3.41. The van der Waals surface area contributed by atoms with E-state index in [1.807, 2.05) is 6.07 Å². The van der Waals surface area contributed by atoms with Crippen LogP contribution >= 0.6 is 0 Å². The predicted octanol–water partition coefficient (Wildman–Crippen LogP) is 1.67. The Hall–Kier alpha value is -2.35. The molecule has 0 bridgehead atoms. The second-order valence-corrected chi connectivity index (χ2v) is 3.41. The zero-order valence-corrected chi connectivity index (χ0v) is 9.01. The van der Waals surface area contributed by atoms with Crippen molar-refractivity contribution in [2.75, 3.05) is 19.0 Å². The van der Waals surface area contributed by atoms with Crippen LogP contribution in [0.1, 0.15) is 5.69 Å². The molecule has 2 rings (SSSR count). The molecule has 0 aliphatic heterocycles. The summed E-state index contributed by atoms with van der Waals surface area (Å²) in [6, 6.07) is 5.57. The molecule has 0 saturated heterocycles. The summed E-state index contributed by atoms with van der Waals surface area (Å²) in [5, 5.41) is 8.92. The molecule has 2 aromatic heterocycles. The van der Waals surface area contributed by atoms with Crippen molar-refractivity contribution < 1.29 is 4.42 Å². The van der Waals surface area contributed by atoms with Gasteiger partial charge in [0.05, 0.1) is 0 Å². The molecule has 0 atom stereocenters. The molecule has 0 spiro atoms. The van der Waals surface area contributed by atoms with Crippen LogP contribution in [0.25, 0.3) is 11.5 Å². The number of aromatic nitrogens is 2. The Kier molecular flexibility index (Phi) is 2.56. The molecule has 2 heterocycles. The van der Waals surface area contributed by atoms with Gasteiger partial charge in [0, 0.05) is 32.1 Å². The molecule has 5 nitrogen and oxygen atoms in total. The fourth-order valence-corrected chi connectivity index (χ4v) is 1.31. The van der Waals surface area contributed by atoms with Gasteiger partial charge in [0.1, 0.15) is 6.07 Å². The van der Waals surface area contributed by atoms with Gasteiger partial charge in [-0.25, -0.2) is 0 Å². The third-order valence-corrected chi connectivity index (χ3v) is 2.05. The number of nitriles is 1. The molecule has 2 aromatic rings. The minimum atomic E-state index is 0.289. The number of hydrogen-bond donors (Lipinski definition) is 0. The first-order valence-corrected chi connectivity index (χ1v) is 4.71. The van der Waals surface area contributed by atoms with Gasteiger partial charge in [-0.2, -0.15) is 10.2 Å². The van der Waals surface area contributed by atoms with E-state index < -0.39 is 0 Å². The molecular weight excluding hydrogens is 204 g/mol. The number of pyridine rings is 1. The van der Waals surface area contributed by atoms with E-state index in [0.717, 1.165) is 5.56 Å². The van der Waals surface area contributed by atoms with E-state index in [2.05, 4.69) is 9.97 Å². The van der Waals surface area contributed by atoms with Gasteiger partial charge in [0.25, 0.3) is 0 Å². The van der Waals surface area contributed by atoms with Gasteiger partial charge in [0.15, 0.2) is 0 Å². The first-order valence-electron chi connectivity index (χ1n) is 4.71. The molecule has 0 aliphatic rings. The van der Waals surface area contributed by atoms with Gasteiger partial charge < -0.3 is 9.32 Å². The van der Waals surface area contributed by atoms with Crippen LogP contribution < -0.4 is 4.90 Å². The van der Waals surface area contributed by atoms with Crippen molar-refractivity contribution in [2.45, 2.75) is 0 Å². The third kappa shape index (κ3) is 1.73. The Morgan fingerprint density at radius 2 is 2.00 bits per heavy atom. The van der Waals surface area contributed by atoms with Crippen LogP contribution in [0.3, 0.4) is 0 Å². The van der Waals surface area contributed by atoms with Crippen molar-refractivity contribution in [1.82, 2.24) is 9.97 Å². The molecule has 0 amide bonds. The lowest BCUT2D eigenvalue weighted by Gasteiger charge is -2.06. The molecule has 5 heteroatoms. The largest absolute Gasteiger partial charge is 0.419 e. The van der Waals surface area contributed by atoms with E-state index in [1.165, 1.54) is 0 Å². The van der Waals surface area contributed by atoms with Crippen LogP contribution in [0.15, 0.2) is 28.9 Å². The zero-order valence-electron chi connectivity index (χ0n) is 9.01. The number of hydrogen-bond acceptors (Lipinski definition) is 5. The van der Waals surface area contributed by atoms with Gasteiger partial charge in [-0.05, 0) is 12.1 Å². The molecule has 0 saturated carbocycles. The molecule has 80 valence electrons. The monoisotopic (exact) mass is 214 g/mol. The van der Waals surface area contributed by atoms with Crippen molar-refractivity contribution in [3.63, 3.8) is 0 Å². The summed E-state index contributed by atoms with van der Waals surface area (Å²) < 4.78 is 5.52. The number of nitrogens with zero attached hydrogens (tertiary/aromatic N) is 4. The topological polar surface area (TPSA) is 66.0 Å². The number of anilines is 1. The van der Waals surface area contributed by atoms with Gasteiger partial charge in [-0.1, -0.05) is 0 Å². The highest BCUT2D eigenvalue weighted by atomic mass is 16.4. The summed E-state index contributed by atoms with van der Waals surface area (Å²) in [5.41, 5.74) is 1.09. The molecular formula is C11H10N4O. The average molecular weight is 214 g/mol. The molecule has 0 unspecified atom stereocenters. The van der Waals surface area contributed by atoms with Crippen molar-refractivity contribution in [3.05, 3.63) is 30.2 Å². The Morgan fingerprint density at radius 3 is 2.50 bits per heavy atom. The van der Waals surface area contributed by atoms with Gasteiger partial charge in [-0.15, -0.1) is 0 Å². The van der Waals surface area contributed by atoms with Crippen molar-refractivity contribution in [2.24, 2.45) is 0 Å². The van der Waals surface area contributed by atoms with Gasteiger partial charge >= 0.3 is 0 Å². The van der Waals surface area contributed by atoms with E-state index in [1.54, 1.807) is 43.5 Å². The summed E-state index contributed by atoms with van der Waals surface area (Å²) >= 11 is 0. The van der Waals surface area contributed by atoms with Crippen LogP contribution in [-0.4, -0.2) is 24.1 Å². The molecule has 0 aliphatic carbocycles. The summed E-state index contributed by atoms with van der Waals surface area (Å²) in [7, 11) is 3.61. The van der Waals surface area contributed by atoms with Crippen molar-refractivity contribution in [1.29, 1.82) is 5.26 Å². The van der Waals surface area contributed by atoms with E-state index in [9.17, 15) is 0 Å². The van der Waals surface area contributed by atoms with Crippen LogP contribution in [0.5, 0.6) is 0 Å². The van der Waals surface area contributed by atoms with E-state index >= 15 is 0 Å². The fourth-order valence-electron chi connectivity index (χ4n) is 1.31. The maximum Gasteiger partial charge on any atom is 0.234 e. The summed E-state index contributed by atoms with van der Waals surface area (Å²) in [5.74, 6) is 0.900. The van der Waals surface area contributed by atoms with Gasteiger partial charge in [-0.3, -0.25) is 4.98 Å². The van der Waals surface area contributed by atoms with Gasteiger partial charge in [0.2, 0.25) is 17.5 Å². The summed E-state index contributed by atoms with van der Waals surface area (Å²) in [4.78, 5) is 9.75. The molecule has 0 fully saturated rings. The summed E-state index contributed by atoms with van der Waals surface area (Å²) in [6.07, 6.45) is 3.31. The third-order valence-electron chi connectivity index (χ3n) is 2.05. The maximum atomic E-state index is 8.92. The predicted molar refractivity (Wildman–Crippen MR) is 58.8 cm³/mol. The molecule has 16 heavy (non-hydrogen) atoms. The Morgan fingerprint density at radius 1 is 1.31 bits per heavy atom. The number of oxazole rings is 1. The van der Waals surface area contributed by atoms with Crippen molar-refractivity contribution in [3.8, 4) is 17.5 Å². The maximum absolute atomic E-state index is 8.92. The van der Waals surface area contributed by atoms with Crippen LogP contribution in [-0.2, 0) is 0 Å². The Balaban J connectivity index is 2.49. The Labute approximate surface area is 93.0 Å².